The number of aryl methyl sites for hydroxylation is 1. The van der Waals surface area contributed by atoms with E-state index in [1.165, 1.54) is 17.2 Å². The van der Waals surface area contributed by atoms with E-state index in [2.05, 4.69) is 27.0 Å². The van der Waals surface area contributed by atoms with Crippen LogP contribution in [0.25, 0.3) is 0 Å². The third kappa shape index (κ3) is 5.69. The standard InChI is InChI=1S/C27H33N7O4S/c1-31-19-29-15-24(31)18-33-17-23(13-22-12-21(14-28)5-6-25(22)33)34(39(37,38)26-4-2-3-9-30-26)16-20-7-10-32(11-8-20)27(35)36/h2-4,6,9,12,15,19-21,23H,5,7-8,10-11,13,16-18H2,1H3,(H,35,36). The number of nitriles is 1. The molecular weight excluding hydrogens is 518 g/mol. The van der Waals surface area contributed by atoms with Gasteiger partial charge in [0.2, 0.25) is 0 Å². The minimum Gasteiger partial charge on any atom is -0.465 e. The summed E-state index contributed by atoms with van der Waals surface area (Å²) in [5.41, 5.74) is 3.02. The number of hydrogen-bond acceptors (Lipinski definition) is 7. The van der Waals surface area contributed by atoms with Crippen molar-refractivity contribution in [1.29, 1.82) is 5.26 Å². The zero-order chi connectivity index (χ0) is 27.6. The molecule has 2 aliphatic heterocycles. The van der Waals surface area contributed by atoms with Crippen molar-refractivity contribution < 1.29 is 18.3 Å². The predicted octanol–water partition coefficient (Wildman–Crippen LogP) is 2.82. The molecule has 206 valence electrons. The van der Waals surface area contributed by atoms with Crippen molar-refractivity contribution in [3.63, 3.8) is 0 Å². The highest BCUT2D eigenvalue weighted by atomic mass is 32.2. The number of carbonyl (C=O) groups is 1. The molecular formula is C27H33N7O4S. The number of carboxylic acid groups (broad SMARTS) is 1. The van der Waals surface area contributed by atoms with Gasteiger partial charge in [-0.05, 0) is 49.3 Å². The van der Waals surface area contributed by atoms with Crippen LogP contribution in [0.1, 0.15) is 31.4 Å². The highest BCUT2D eigenvalue weighted by Crippen LogP contribution is 2.37. The van der Waals surface area contributed by atoms with Gasteiger partial charge in [-0.25, -0.2) is 23.2 Å². The van der Waals surface area contributed by atoms with Gasteiger partial charge >= 0.3 is 6.09 Å². The van der Waals surface area contributed by atoms with Crippen molar-refractivity contribution in [2.75, 3.05) is 26.2 Å². The van der Waals surface area contributed by atoms with Gasteiger partial charge in [0.1, 0.15) is 0 Å². The Morgan fingerprint density at radius 1 is 1.28 bits per heavy atom. The maximum atomic E-state index is 14.1. The molecule has 4 heterocycles. The second kappa shape index (κ2) is 11.2. The summed E-state index contributed by atoms with van der Waals surface area (Å²) in [6, 6.07) is 6.82. The molecule has 5 rings (SSSR count). The van der Waals surface area contributed by atoms with Gasteiger partial charge in [0.05, 0.1) is 30.6 Å². The number of amides is 1. The van der Waals surface area contributed by atoms with E-state index in [1.54, 1.807) is 22.8 Å². The van der Waals surface area contributed by atoms with Crippen LogP contribution >= 0.6 is 0 Å². The molecule has 0 aromatic carbocycles. The van der Waals surface area contributed by atoms with E-state index in [-0.39, 0.29) is 29.4 Å². The highest BCUT2D eigenvalue weighted by molar-refractivity contribution is 7.89. The third-order valence-electron chi connectivity index (χ3n) is 7.90. The molecule has 0 saturated carbocycles. The smallest absolute Gasteiger partial charge is 0.407 e. The van der Waals surface area contributed by atoms with Gasteiger partial charge in [-0.2, -0.15) is 9.57 Å². The average molecular weight is 552 g/mol. The Hall–Kier alpha value is -3.69. The van der Waals surface area contributed by atoms with Crippen LogP contribution < -0.4 is 0 Å². The Morgan fingerprint density at radius 2 is 2.08 bits per heavy atom. The normalized spacial score (nSPS) is 22.2. The van der Waals surface area contributed by atoms with Crippen LogP contribution in [0, 0.1) is 23.2 Å². The zero-order valence-corrected chi connectivity index (χ0v) is 22.7. The average Bonchev–Trinajstić information content (AvgIpc) is 3.35. The zero-order valence-electron chi connectivity index (χ0n) is 21.9. The molecule has 11 nitrogen and oxygen atoms in total. The minimum absolute atomic E-state index is 0.0000192. The summed E-state index contributed by atoms with van der Waals surface area (Å²) in [5, 5.41) is 19.0. The van der Waals surface area contributed by atoms with E-state index in [4.69, 9.17) is 0 Å². The molecule has 3 aliphatic rings. The fourth-order valence-electron chi connectivity index (χ4n) is 5.73. The van der Waals surface area contributed by atoms with Crippen molar-refractivity contribution in [2.24, 2.45) is 18.9 Å². The van der Waals surface area contributed by atoms with Gasteiger partial charge in [0.15, 0.2) is 5.03 Å². The van der Waals surface area contributed by atoms with Crippen LogP contribution in [-0.2, 0) is 23.6 Å². The number of hydrogen-bond donors (Lipinski definition) is 1. The summed E-state index contributed by atoms with van der Waals surface area (Å²) in [7, 11) is -2.01. The molecule has 0 bridgehead atoms. The lowest BCUT2D eigenvalue weighted by Gasteiger charge is -2.44. The summed E-state index contributed by atoms with van der Waals surface area (Å²) in [5.74, 6) is -0.226. The van der Waals surface area contributed by atoms with Gasteiger partial charge in [-0.1, -0.05) is 18.2 Å². The van der Waals surface area contributed by atoms with Crippen LogP contribution in [0.15, 0.2) is 65.4 Å². The van der Waals surface area contributed by atoms with Gasteiger partial charge in [-0.15, -0.1) is 0 Å². The number of allylic oxidation sites excluding steroid dienone is 3. The number of sulfonamides is 1. The quantitative estimate of drug-likeness (QED) is 0.555. The molecule has 0 spiro atoms. The first-order valence-electron chi connectivity index (χ1n) is 13.2. The fraction of sp³-hybridized carbons (Fsp3) is 0.481. The predicted molar refractivity (Wildman–Crippen MR) is 142 cm³/mol. The van der Waals surface area contributed by atoms with E-state index in [1.807, 2.05) is 23.9 Å². The number of pyridine rings is 1. The van der Waals surface area contributed by atoms with Crippen molar-refractivity contribution in [2.45, 2.75) is 43.3 Å². The van der Waals surface area contributed by atoms with Crippen LogP contribution in [0.5, 0.6) is 0 Å². The number of aromatic nitrogens is 3. The number of fused-ring (bicyclic) bond motifs is 1. The molecule has 12 heteroatoms. The summed E-state index contributed by atoms with van der Waals surface area (Å²) in [4.78, 5) is 23.4. The Labute approximate surface area is 228 Å². The topological polar surface area (TPSA) is 136 Å². The minimum atomic E-state index is -3.94. The first kappa shape index (κ1) is 26.9. The number of piperidine rings is 2. The molecule has 2 atom stereocenters. The molecule has 1 N–H and O–H groups in total. The van der Waals surface area contributed by atoms with Gasteiger partial charge in [0, 0.05) is 57.4 Å². The van der Waals surface area contributed by atoms with Crippen LogP contribution in [0.2, 0.25) is 0 Å². The summed E-state index contributed by atoms with van der Waals surface area (Å²) < 4.78 is 31.7. The third-order valence-corrected chi connectivity index (χ3v) is 9.73. The lowest BCUT2D eigenvalue weighted by Crippen LogP contribution is -2.52. The number of nitrogens with zero attached hydrogens (tertiary/aromatic N) is 7. The van der Waals surface area contributed by atoms with E-state index in [9.17, 15) is 23.6 Å². The molecule has 2 unspecified atom stereocenters. The maximum Gasteiger partial charge on any atom is 0.407 e. The highest BCUT2D eigenvalue weighted by Gasteiger charge is 2.40. The summed E-state index contributed by atoms with van der Waals surface area (Å²) >= 11 is 0. The molecule has 2 saturated heterocycles. The largest absolute Gasteiger partial charge is 0.465 e. The molecule has 0 radical (unpaired) electrons. The maximum absolute atomic E-state index is 14.1. The first-order valence-corrected chi connectivity index (χ1v) is 14.6. The van der Waals surface area contributed by atoms with E-state index < -0.39 is 16.1 Å². The second-order valence-electron chi connectivity index (χ2n) is 10.4. The molecule has 2 aromatic rings. The van der Waals surface area contributed by atoms with Gasteiger partial charge < -0.3 is 19.5 Å². The van der Waals surface area contributed by atoms with Crippen molar-refractivity contribution in [3.05, 3.63) is 66.0 Å². The van der Waals surface area contributed by atoms with Crippen molar-refractivity contribution in [1.82, 2.24) is 28.6 Å². The lowest BCUT2D eigenvalue weighted by atomic mass is 9.87. The second-order valence-corrected chi connectivity index (χ2v) is 12.3. The number of likely N-dealkylation sites (tertiary alicyclic amines) is 2. The first-order chi connectivity index (χ1) is 18.8. The molecule has 1 amide bonds. The molecule has 1 aliphatic carbocycles. The molecule has 2 fully saturated rings. The fourth-order valence-corrected chi connectivity index (χ4v) is 7.36. The van der Waals surface area contributed by atoms with Crippen LogP contribution in [-0.4, -0.2) is 80.5 Å². The lowest BCUT2D eigenvalue weighted by molar-refractivity contribution is 0.114. The van der Waals surface area contributed by atoms with Gasteiger partial charge in [0.25, 0.3) is 10.0 Å². The Bertz CT molecular complexity index is 1400. The van der Waals surface area contributed by atoms with E-state index >= 15 is 0 Å². The van der Waals surface area contributed by atoms with Crippen molar-refractivity contribution in [3.8, 4) is 6.07 Å². The monoisotopic (exact) mass is 551 g/mol. The van der Waals surface area contributed by atoms with E-state index in [0.29, 0.717) is 51.9 Å². The SMILES string of the molecule is Cn1cncc1CN1CC(N(CC2CCN(C(=O)O)CC2)S(=O)(=O)c2ccccn2)CC2=CC(C#N)CC=C21. The Balaban J connectivity index is 1.48. The Kier molecular flexibility index (Phi) is 7.72. The number of rotatable bonds is 7. The summed E-state index contributed by atoms with van der Waals surface area (Å²) in [6.45, 7) is 2.09. The van der Waals surface area contributed by atoms with Crippen LogP contribution in [0.4, 0.5) is 4.79 Å². The summed E-state index contributed by atoms with van der Waals surface area (Å²) in [6.07, 6.45) is 10.5. The van der Waals surface area contributed by atoms with Crippen LogP contribution in [0.3, 0.4) is 0 Å². The Morgan fingerprint density at radius 3 is 2.72 bits per heavy atom. The molecule has 39 heavy (non-hydrogen) atoms. The molecule has 2 aromatic heterocycles. The van der Waals surface area contributed by atoms with E-state index in [0.717, 1.165) is 17.0 Å². The van der Waals surface area contributed by atoms with Gasteiger partial charge in [-0.3, -0.25) is 0 Å². The van der Waals surface area contributed by atoms with Crippen molar-refractivity contribution >= 4 is 16.1 Å². The number of imidazole rings is 1.